The number of nitrogens with one attached hydrogen (secondary N) is 1. The molecule has 0 aliphatic carbocycles. The van der Waals surface area contributed by atoms with Gasteiger partial charge in [-0.15, -0.1) is 10.2 Å². The van der Waals surface area contributed by atoms with Crippen LogP contribution < -0.4 is 5.32 Å². The molecule has 0 aliphatic rings. The number of rotatable bonds is 5. The highest BCUT2D eigenvalue weighted by Gasteiger charge is 2.19. The lowest BCUT2D eigenvalue weighted by atomic mass is 10.1. The highest BCUT2D eigenvalue weighted by atomic mass is 35.5. The van der Waals surface area contributed by atoms with Crippen molar-refractivity contribution in [3.05, 3.63) is 46.4 Å². The molecule has 0 saturated carbocycles. The molecule has 0 unspecified atom stereocenters. The van der Waals surface area contributed by atoms with Gasteiger partial charge in [-0.1, -0.05) is 29.3 Å². The van der Waals surface area contributed by atoms with Gasteiger partial charge in [0.1, 0.15) is 17.1 Å². The molecule has 168 valence electrons. The Morgan fingerprint density at radius 1 is 1.12 bits per heavy atom. The van der Waals surface area contributed by atoms with Gasteiger partial charge in [0.2, 0.25) is 0 Å². The van der Waals surface area contributed by atoms with Crippen LogP contribution in [0.4, 0.5) is 21.9 Å². The Balaban J connectivity index is 2.26. The first kappa shape index (κ1) is 23.5. The third kappa shape index (κ3) is 5.02. The second-order valence-corrected chi connectivity index (χ2v) is 8.54. The summed E-state index contributed by atoms with van der Waals surface area (Å²) >= 11 is 11.8. The van der Waals surface area contributed by atoms with Crippen LogP contribution in [0.5, 0.6) is 11.5 Å². The molecule has 0 spiro atoms. The lowest BCUT2D eigenvalue weighted by Crippen LogP contribution is -2.14. The first-order valence-corrected chi connectivity index (χ1v) is 11.0. The second kappa shape index (κ2) is 9.17. The van der Waals surface area contributed by atoms with Gasteiger partial charge < -0.3 is 14.9 Å². The van der Waals surface area contributed by atoms with Gasteiger partial charge in [-0.25, -0.2) is 4.79 Å². The average Bonchev–Trinajstić information content (AvgIpc) is 2.70. The number of anilines is 1. The Morgan fingerprint density at radius 3 is 2.50 bits per heavy atom. The zero-order valence-corrected chi connectivity index (χ0v) is 18.5. The van der Waals surface area contributed by atoms with Crippen LogP contribution in [0.2, 0.25) is 10.0 Å². The number of phenolic OH excluding ortho intramolecular Hbond substituents is 2. The number of aromatic hydroxyl groups is 2. The van der Waals surface area contributed by atoms with Crippen molar-refractivity contribution in [2.45, 2.75) is 11.8 Å². The minimum atomic E-state index is -4.63. The third-order valence-corrected chi connectivity index (χ3v) is 5.46. The fourth-order valence-electron chi connectivity index (χ4n) is 2.77. The van der Waals surface area contributed by atoms with E-state index in [4.69, 9.17) is 27.9 Å². The molecule has 0 radical (unpaired) electrons. The van der Waals surface area contributed by atoms with Gasteiger partial charge in [0.15, 0.2) is 5.75 Å². The largest absolute Gasteiger partial charge is 0.506 e. The summed E-state index contributed by atoms with van der Waals surface area (Å²) in [5.74, 6) is -0.779. The first-order chi connectivity index (χ1) is 15.0. The van der Waals surface area contributed by atoms with Gasteiger partial charge in [0.25, 0.3) is 10.1 Å². The summed E-state index contributed by atoms with van der Waals surface area (Å²) in [6.07, 6.45) is -0.910. The predicted molar refractivity (Wildman–Crippen MR) is 118 cm³/mol. The second-order valence-electron chi connectivity index (χ2n) is 6.28. The normalized spacial score (nSPS) is 11.8. The van der Waals surface area contributed by atoms with Crippen molar-refractivity contribution in [1.82, 2.24) is 0 Å². The smallest absolute Gasteiger partial charge is 0.411 e. The van der Waals surface area contributed by atoms with E-state index in [0.717, 1.165) is 12.1 Å². The number of ether oxygens (including phenoxy) is 1. The van der Waals surface area contributed by atoms with Crippen molar-refractivity contribution in [2.75, 3.05) is 11.9 Å². The van der Waals surface area contributed by atoms with E-state index < -0.39 is 26.9 Å². The molecule has 0 fully saturated rings. The summed E-state index contributed by atoms with van der Waals surface area (Å²) in [6, 6.07) is 7.23. The van der Waals surface area contributed by atoms with Crippen LogP contribution >= 0.6 is 23.2 Å². The molecule has 1 amide bonds. The van der Waals surface area contributed by atoms with E-state index in [1.54, 1.807) is 6.92 Å². The molecule has 0 atom stereocenters. The van der Waals surface area contributed by atoms with E-state index in [2.05, 4.69) is 15.5 Å². The minimum absolute atomic E-state index is 0.0361. The molecule has 3 aromatic carbocycles. The number of carbonyl (C=O) groups is 1. The molecule has 10 nitrogen and oxygen atoms in total. The Kier molecular flexibility index (Phi) is 6.74. The number of carbonyl (C=O) groups excluding carboxylic acids is 1. The van der Waals surface area contributed by atoms with Crippen molar-refractivity contribution in [3.8, 4) is 11.5 Å². The minimum Gasteiger partial charge on any atom is -0.506 e. The number of halogens is 2. The van der Waals surface area contributed by atoms with E-state index in [1.807, 2.05) is 0 Å². The fourth-order valence-corrected chi connectivity index (χ4v) is 3.79. The molecule has 3 rings (SSSR count). The maximum Gasteiger partial charge on any atom is 0.411 e. The third-order valence-electron chi connectivity index (χ3n) is 4.12. The maximum atomic E-state index is 12.0. The van der Waals surface area contributed by atoms with Crippen molar-refractivity contribution in [2.24, 2.45) is 10.2 Å². The maximum absolute atomic E-state index is 12.0. The molecule has 3 aromatic rings. The van der Waals surface area contributed by atoms with Crippen LogP contribution in [-0.2, 0) is 14.9 Å². The van der Waals surface area contributed by atoms with Gasteiger partial charge >= 0.3 is 6.09 Å². The van der Waals surface area contributed by atoms with E-state index in [9.17, 15) is 28.0 Å². The topological polar surface area (TPSA) is 158 Å². The summed E-state index contributed by atoms with van der Waals surface area (Å²) in [7, 11) is -4.63. The molecule has 0 bridgehead atoms. The number of fused-ring (bicyclic) bond motifs is 1. The number of hydrogen-bond donors (Lipinski definition) is 4. The molecule has 32 heavy (non-hydrogen) atoms. The molecule has 4 N–H and O–H groups in total. The summed E-state index contributed by atoms with van der Waals surface area (Å²) in [6.45, 7) is 1.61. The zero-order chi connectivity index (χ0) is 23.6. The molecule has 0 heterocycles. The van der Waals surface area contributed by atoms with Gasteiger partial charge in [-0.2, -0.15) is 8.42 Å². The van der Waals surface area contributed by atoms with E-state index >= 15 is 0 Å². The van der Waals surface area contributed by atoms with E-state index in [-0.39, 0.29) is 50.2 Å². The SMILES string of the molecule is CCOC(=O)Nc1cc(S(=O)(=O)O)cc2ccc(O)c(N=Nc3cc(Cl)cc(Cl)c3O)c12. The van der Waals surface area contributed by atoms with Crippen molar-refractivity contribution in [3.63, 3.8) is 0 Å². The monoisotopic (exact) mass is 499 g/mol. The Labute approximate surface area is 191 Å². The molecular formula is C19H15Cl2N3O7S. The fraction of sp³-hybridized carbons (Fsp3) is 0.105. The lowest BCUT2D eigenvalue weighted by Gasteiger charge is -2.13. The average molecular weight is 500 g/mol. The number of hydrogen-bond acceptors (Lipinski definition) is 8. The van der Waals surface area contributed by atoms with E-state index in [0.29, 0.717) is 0 Å². The van der Waals surface area contributed by atoms with Crippen LogP contribution in [0.15, 0.2) is 51.5 Å². The number of amides is 1. The Hall–Kier alpha value is -3.12. The van der Waals surface area contributed by atoms with Crippen LogP contribution in [0.3, 0.4) is 0 Å². The zero-order valence-electron chi connectivity index (χ0n) is 16.2. The quantitative estimate of drug-likeness (QED) is 0.255. The van der Waals surface area contributed by atoms with Crippen molar-refractivity contribution >= 4 is 67.2 Å². The van der Waals surface area contributed by atoms with Gasteiger partial charge in [-0.05, 0) is 42.6 Å². The van der Waals surface area contributed by atoms with Crippen molar-refractivity contribution in [1.29, 1.82) is 0 Å². The number of nitrogens with zero attached hydrogens (tertiary/aromatic N) is 2. The van der Waals surface area contributed by atoms with Gasteiger partial charge in [0, 0.05) is 10.4 Å². The molecule has 0 aliphatic heterocycles. The molecule has 0 aromatic heterocycles. The number of azo groups is 1. The summed E-state index contributed by atoms with van der Waals surface area (Å²) < 4.78 is 37.6. The standard InChI is InChI=1S/C19H15Cl2N3O7S/c1-2-31-19(27)22-13-8-11(32(28,29)30)5-9-3-4-15(25)17(16(9)13)24-23-14-7-10(20)6-12(21)18(14)26/h3-8,25-26H,2H2,1H3,(H,22,27)(H,28,29,30). The van der Waals surface area contributed by atoms with Gasteiger partial charge in [0.05, 0.1) is 22.2 Å². The Morgan fingerprint density at radius 2 is 1.84 bits per heavy atom. The highest BCUT2D eigenvalue weighted by molar-refractivity contribution is 7.85. The summed E-state index contributed by atoms with van der Waals surface area (Å²) in [4.78, 5) is 11.5. The highest BCUT2D eigenvalue weighted by Crippen LogP contribution is 2.43. The van der Waals surface area contributed by atoms with Crippen LogP contribution in [0.1, 0.15) is 6.92 Å². The van der Waals surface area contributed by atoms with Gasteiger partial charge in [-0.3, -0.25) is 9.87 Å². The first-order valence-electron chi connectivity index (χ1n) is 8.82. The lowest BCUT2D eigenvalue weighted by molar-refractivity contribution is 0.168. The molecule has 13 heteroatoms. The number of phenols is 2. The predicted octanol–water partition coefficient (Wildman–Crippen LogP) is 5.79. The van der Waals surface area contributed by atoms with Crippen LogP contribution in [-0.4, -0.2) is 35.9 Å². The Bertz CT molecular complexity index is 1360. The summed E-state index contributed by atoms with van der Waals surface area (Å²) in [5, 5.41) is 31.0. The number of benzene rings is 3. The molecule has 0 saturated heterocycles. The van der Waals surface area contributed by atoms with Crippen LogP contribution in [0.25, 0.3) is 10.8 Å². The van der Waals surface area contributed by atoms with Crippen LogP contribution in [0, 0.1) is 0 Å². The molecular weight excluding hydrogens is 485 g/mol. The van der Waals surface area contributed by atoms with E-state index in [1.165, 1.54) is 24.3 Å². The summed E-state index contributed by atoms with van der Waals surface area (Å²) in [5.41, 5.74) is -0.410. The van der Waals surface area contributed by atoms with Crippen molar-refractivity contribution < 1.29 is 32.7 Å².